The fourth-order valence-corrected chi connectivity index (χ4v) is 9.72. The fourth-order valence-electron chi connectivity index (χ4n) is 9.72. The zero-order chi connectivity index (χ0) is 45.1. The summed E-state index contributed by atoms with van der Waals surface area (Å²) in [4.78, 5) is 36.1. The summed E-state index contributed by atoms with van der Waals surface area (Å²) in [6.07, 6.45) is 0. The summed E-state index contributed by atoms with van der Waals surface area (Å²) < 4.78 is 2.13. The highest BCUT2D eigenvalue weighted by Crippen LogP contribution is 2.47. The van der Waals surface area contributed by atoms with E-state index in [1.165, 1.54) is 4.90 Å². The van der Waals surface area contributed by atoms with Crippen LogP contribution in [0.15, 0.2) is 194 Å². The average Bonchev–Trinajstić information content (AvgIpc) is 3.82. The zero-order valence-corrected chi connectivity index (χ0v) is 36.1. The molecule has 0 spiro atoms. The first kappa shape index (κ1) is 39.7. The van der Waals surface area contributed by atoms with E-state index >= 15 is 9.59 Å². The van der Waals surface area contributed by atoms with E-state index in [4.69, 9.17) is 6.57 Å². The highest BCUT2D eigenvalue weighted by Gasteiger charge is 2.42. The second-order valence-corrected chi connectivity index (χ2v) is 16.7. The first-order valence-electron chi connectivity index (χ1n) is 21.8. The average molecular weight is 847 g/mol. The van der Waals surface area contributed by atoms with Crippen molar-refractivity contribution in [3.8, 4) is 67.4 Å². The Labute approximate surface area is 382 Å². The number of carbonyl (C=O) groups is 2. The number of fused-ring (bicyclic) bond motifs is 4. The van der Waals surface area contributed by atoms with E-state index in [2.05, 4.69) is 76.1 Å². The standard InChI is InChI=1S/C60H38N4O2/c1-37-30-39(36-61)22-26-47(37)43-23-27-49-50-28-24-44(48-29-25-46(62-3)31-38(48)2)35-56(50)63(55(49)34-43)54-21-13-20-51-57(54)60(66)64(59(51)65)58-52(41-16-9-5-10-17-41)32-45(40-14-7-4-8-15-40)33-53(58)42-18-11-6-12-19-42/h4-35H,1-2H3. The van der Waals surface area contributed by atoms with Crippen LogP contribution in [-0.4, -0.2) is 16.4 Å². The van der Waals surface area contributed by atoms with Crippen molar-refractivity contribution in [1.29, 1.82) is 5.26 Å². The number of amides is 2. The van der Waals surface area contributed by atoms with Gasteiger partial charge >= 0.3 is 0 Å². The van der Waals surface area contributed by atoms with E-state index in [1.807, 2.05) is 141 Å². The molecular formula is C60H38N4O2. The highest BCUT2D eigenvalue weighted by atomic mass is 16.2. The predicted molar refractivity (Wildman–Crippen MR) is 266 cm³/mol. The molecule has 6 nitrogen and oxygen atoms in total. The molecule has 66 heavy (non-hydrogen) atoms. The number of rotatable bonds is 7. The molecule has 0 bridgehead atoms. The molecular weight excluding hydrogens is 809 g/mol. The Balaban J connectivity index is 1.17. The maximum absolute atomic E-state index is 15.7. The third-order valence-corrected chi connectivity index (χ3v) is 12.8. The Kier molecular flexibility index (Phi) is 9.58. The second-order valence-electron chi connectivity index (χ2n) is 16.7. The molecule has 11 rings (SSSR count). The van der Waals surface area contributed by atoms with Crippen molar-refractivity contribution < 1.29 is 9.59 Å². The van der Waals surface area contributed by atoms with Crippen molar-refractivity contribution in [3.63, 3.8) is 0 Å². The molecule has 0 saturated heterocycles. The van der Waals surface area contributed by atoms with Gasteiger partial charge in [0.2, 0.25) is 0 Å². The minimum absolute atomic E-state index is 0.314. The molecule has 9 aromatic carbocycles. The Morgan fingerprint density at radius 1 is 0.470 bits per heavy atom. The molecule has 0 saturated carbocycles. The number of anilines is 1. The van der Waals surface area contributed by atoms with Gasteiger partial charge in [0.05, 0.1) is 51.7 Å². The predicted octanol–water partition coefficient (Wildman–Crippen LogP) is 15.0. The molecule has 2 heterocycles. The van der Waals surface area contributed by atoms with Gasteiger partial charge in [0.1, 0.15) is 0 Å². The first-order chi connectivity index (χ1) is 32.3. The molecule has 1 aliphatic heterocycles. The number of aromatic nitrogens is 1. The van der Waals surface area contributed by atoms with E-state index in [0.29, 0.717) is 33.8 Å². The number of nitriles is 1. The quantitative estimate of drug-likeness (QED) is 0.118. The highest BCUT2D eigenvalue weighted by molar-refractivity contribution is 6.37. The van der Waals surface area contributed by atoms with Gasteiger partial charge < -0.3 is 4.57 Å². The molecule has 310 valence electrons. The summed E-state index contributed by atoms with van der Waals surface area (Å²) in [6.45, 7) is 11.6. The molecule has 0 atom stereocenters. The van der Waals surface area contributed by atoms with Gasteiger partial charge in [-0.05, 0) is 112 Å². The summed E-state index contributed by atoms with van der Waals surface area (Å²) in [5.74, 6) is -0.812. The summed E-state index contributed by atoms with van der Waals surface area (Å²) in [5, 5.41) is 11.6. The SMILES string of the molecule is [C-]#[N+]c1ccc(-c2ccc3c4ccc(-c5ccc(C#N)cc5C)cc4n(-c4cccc5c4C(=O)N(c4c(-c6ccccc6)cc(-c6ccccc6)cc4-c4ccccc4)C5=O)c3c2)c(C)c1. The summed E-state index contributed by atoms with van der Waals surface area (Å²) in [7, 11) is 0. The van der Waals surface area contributed by atoms with Gasteiger partial charge in [0.25, 0.3) is 11.8 Å². The third kappa shape index (κ3) is 6.48. The van der Waals surface area contributed by atoms with Crippen LogP contribution in [0.3, 0.4) is 0 Å². The number of hydrogen-bond acceptors (Lipinski definition) is 3. The van der Waals surface area contributed by atoms with Gasteiger partial charge in [0.15, 0.2) is 5.69 Å². The van der Waals surface area contributed by atoms with Crippen molar-refractivity contribution in [3.05, 3.63) is 233 Å². The van der Waals surface area contributed by atoms with Crippen LogP contribution in [0.25, 0.3) is 88.0 Å². The van der Waals surface area contributed by atoms with Crippen LogP contribution >= 0.6 is 0 Å². The zero-order valence-electron chi connectivity index (χ0n) is 36.1. The molecule has 10 aromatic rings. The number of aryl methyl sites for hydroxylation is 2. The maximum Gasteiger partial charge on any atom is 0.268 e. The largest absolute Gasteiger partial charge is 0.308 e. The van der Waals surface area contributed by atoms with E-state index in [1.54, 1.807) is 6.07 Å². The van der Waals surface area contributed by atoms with Crippen LogP contribution in [0.1, 0.15) is 37.4 Å². The number of imide groups is 1. The third-order valence-electron chi connectivity index (χ3n) is 12.8. The summed E-state index contributed by atoms with van der Waals surface area (Å²) in [6, 6.07) is 66.2. The lowest BCUT2D eigenvalue weighted by molar-refractivity contribution is 0.0926. The molecule has 0 unspecified atom stereocenters. The lowest BCUT2D eigenvalue weighted by Gasteiger charge is -2.24. The van der Waals surface area contributed by atoms with Crippen LogP contribution in [-0.2, 0) is 0 Å². The van der Waals surface area contributed by atoms with Crippen LogP contribution in [0.5, 0.6) is 0 Å². The molecule has 1 aromatic heterocycles. The van der Waals surface area contributed by atoms with Crippen LogP contribution in [0.4, 0.5) is 11.4 Å². The van der Waals surface area contributed by atoms with Gasteiger partial charge in [0, 0.05) is 21.9 Å². The van der Waals surface area contributed by atoms with Gasteiger partial charge in [-0.15, -0.1) is 0 Å². The second kappa shape index (κ2) is 15.9. The topological polar surface area (TPSA) is 70.5 Å². The number of hydrogen-bond donors (Lipinski definition) is 0. The Morgan fingerprint density at radius 2 is 1.02 bits per heavy atom. The van der Waals surface area contributed by atoms with Crippen molar-refractivity contribution in [2.24, 2.45) is 0 Å². The van der Waals surface area contributed by atoms with E-state index in [9.17, 15) is 5.26 Å². The molecule has 1 aliphatic rings. The Morgan fingerprint density at radius 3 is 1.55 bits per heavy atom. The monoisotopic (exact) mass is 846 g/mol. The normalized spacial score (nSPS) is 12.1. The molecule has 6 heteroatoms. The summed E-state index contributed by atoms with van der Waals surface area (Å²) >= 11 is 0. The lowest BCUT2D eigenvalue weighted by Crippen LogP contribution is -2.30. The van der Waals surface area contributed by atoms with Crippen LogP contribution in [0, 0.1) is 31.8 Å². The van der Waals surface area contributed by atoms with E-state index < -0.39 is 11.8 Å². The summed E-state index contributed by atoms with van der Waals surface area (Å²) in [5.41, 5.74) is 15.7. The lowest BCUT2D eigenvalue weighted by atomic mass is 9.90. The molecule has 0 fully saturated rings. The minimum Gasteiger partial charge on any atom is -0.308 e. The van der Waals surface area contributed by atoms with Crippen molar-refractivity contribution >= 4 is 45.0 Å². The van der Waals surface area contributed by atoms with Gasteiger partial charge in [-0.1, -0.05) is 151 Å². The van der Waals surface area contributed by atoms with Crippen LogP contribution in [0.2, 0.25) is 0 Å². The first-order valence-corrected chi connectivity index (χ1v) is 21.8. The van der Waals surface area contributed by atoms with E-state index in [-0.39, 0.29) is 0 Å². The number of carbonyl (C=O) groups excluding carboxylic acids is 2. The minimum atomic E-state index is -0.414. The van der Waals surface area contributed by atoms with Crippen molar-refractivity contribution in [2.45, 2.75) is 13.8 Å². The van der Waals surface area contributed by atoms with Gasteiger partial charge in [-0.25, -0.2) is 9.74 Å². The molecule has 0 N–H and O–H groups in total. The molecule has 0 aliphatic carbocycles. The Bertz CT molecular complexity index is 3540. The maximum atomic E-state index is 15.7. The van der Waals surface area contributed by atoms with Crippen molar-refractivity contribution in [1.82, 2.24) is 4.57 Å². The van der Waals surface area contributed by atoms with E-state index in [0.717, 1.165) is 88.6 Å². The smallest absolute Gasteiger partial charge is 0.268 e. The van der Waals surface area contributed by atoms with Gasteiger partial charge in [-0.2, -0.15) is 5.26 Å². The van der Waals surface area contributed by atoms with Crippen molar-refractivity contribution in [2.75, 3.05) is 4.90 Å². The Hall–Kier alpha value is -9.10. The van der Waals surface area contributed by atoms with Crippen LogP contribution < -0.4 is 4.90 Å². The fraction of sp³-hybridized carbons (Fsp3) is 0.0333. The number of benzene rings is 9. The van der Waals surface area contributed by atoms with Gasteiger partial charge in [-0.3, -0.25) is 9.59 Å². The number of nitrogens with zero attached hydrogens (tertiary/aromatic N) is 4. The molecule has 0 radical (unpaired) electrons. The molecule has 2 amide bonds.